The molecule has 72 heavy (non-hydrogen) atoms. The van der Waals surface area contributed by atoms with Gasteiger partial charge in [0.15, 0.2) is 21.3 Å². The molecule has 366 valence electrons. The Kier molecular flexibility index (Phi) is 15.6. The molecule has 0 bridgehead atoms. The van der Waals surface area contributed by atoms with Crippen molar-refractivity contribution >= 4 is 92.7 Å². The number of β-lactam (4-membered cyclic amide) rings is 1. The van der Waals surface area contributed by atoms with E-state index in [1.807, 2.05) is 159 Å². The van der Waals surface area contributed by atoms with Gasteiger partial charge in [0.1, 0.15) is 33.4 Å². The fraction of sp³-hybridized carbons (Fsp3) is 0.208. The summed E-state index contributed by atoms with van der Waals surface area (Å²) < 4.78 is 12.6. The molecule has 2 N–H and O–H groups in total. The normalized spacial score (nSPS) is 15.9. The minimum atomic E-state index is -1.39. The molecule has 1 unspecified atom stereocenters. The summed E-state index contributed by atoms with van der Waals surface area (Å²) in [6.07, 6.45) is -1.51. The third-order valence-electron chi connectivity index (χ3n) is 11.2. The fourth-order valence-electron chi connectivity index (χ4n) is 7.96. The van der Waals surface area contributed by atoms with Crippen LogP contribution in [0, 0.1) is 6.92 Å². The molecule has 0 spiro atoms. The molecule has 4 heterocycles. The average molecular weight is 1050 g/mol. The van der Waals surface area contributed by atoms with Crippen LogP contribution in [-0.2, 0) is 34.3 Å². The number of esters is 1. The first-order valence-electron chi connectivity index (χ1n) is 22.6. The maximum Gasteiger partial charge on any atom is 0.413 e. The Hall–Kier alpha value is -6.77. The Balaban J connectivity index is 1.05. The number of aryl methyl sites for hydroxylation is 1. The number of oxime groups is 1. The number of nitrogens with zero attached hydrogens (tertiary/aromatic N) is 5. The van der Waals surface area contributed by atoms with Gasteiger partial charge in [-0.3, -0.25) is 19.8 Å². The number of thiazole rings is 1. The van der Waals surface area contributed by atoms with Gasteiger partial charge < -0.3 is 19.6 Å². The van der Waals surface area contributed by atoms with E-state index < -0.39 is 52.6 Å². The van der Waals surface area contributed by atoms with E-state index in [2.05, 4.69) is 31.0 Å². The van der Waals surface area contributed by atoms with E-state index in [-0.39, 0.29) is 22.2 Å². The van der Waals surface area contributed by atoms with Crippen molar-refractivity contribution in [3.05, 3.63) is 206 Å². The van der Waals surface area contributed by atoms with Crippen LogP contribution in [0.15, 0.2) is 177 Å². The number of hydrogen-bond donors (Lipinski definition) is 2. The molecule has 2 aliphatic heterocycles. The minimum Gasteiger partial charge on any atom is -0.448 e. The molecule has 3 amide bonds. The summed E-state index contributed by atoms with van der Waals surface area (Å²) in [7, 11) is 0. The highest BCUT2D eigenvalue weighted by atomic mass is 32.2. The van der Waals surface area contributed by atoms with Gasteiger partial charge >= 0.3 is 12.1 Å². The number of fused-ring (bicyclic) bond motifs is 1. The van der Waals surface area contributed by atoms with Crippen molar-refractivity contribution in [1.29, 1.82) is 0 Å². The van der Waals surface area contributed by atoms with Crippen molar-refractivity contribution in [2.75, 3.05) is 16.2 Å². The highest BCUT2D eigenvalue weighted by molar-refractivity contribution is 8.18. The zero-order valence-corrected chi connectivity index (χ0v) is 43.4. The van der Waals surface area contributed by atoms with E-state index in [4.69, 9.17) is 14.3 Å². The van der Waals surface area contributed by atoms with E-state index in [0.717, 1.165) is 48.5 Å². The summed E-state index contributed by atoms with van der Waals surface area (Å²) in [6.45, 7) is 7.12. The summed E-state index contributed by atoms with van der Waals surface area (Å²) in [4.78, 5) is 70.7. The summed E-state index contributed by atoms with van der Waals surface area (Å²) in [6, 6.07) is 46.3. The van der Waals surface area contributed by atoms with Crippen LogP contribution in [0.3, 0.4) is 0 Å². The number of nitrogens with one attached hydrogen (secondary N) is 2. The lowest BCUT2D eigenvalue weighted by atomic mass is 9.80. The smallest absolute Gasteiger partial charge is 0.413 e. The number of anilines is 1. The van der Waals surface area contributed by atoms with Crippen LogP contribution in [-0.4, -0.2) is 77.5 Å². The number of carbonyl (C=O) groups is 4. The Morgan fingerprint density at radius 1 is 0.792 bits per heavy atom. The van der Waals surface area contributed by atoms with Gasteiger partial charge in [-0.05, 0) is 38.8 Å². The first kappa shape index (κ1) is 50.2. The summed E-state index contributed by atoms with van der Waals surface area (Å²) >= 11 is 6.85. The van der Waals surface area contributed by atoms with Crippen LogP contribution in [0.1, 0.15) is 65.4 Å². The predicted octanol–water partition coefficient (Wildman–Crippen LogP) is 10.8. The van der Waals surface area contributed by atoms with Gasteiger partial charge in [0.05, 0.1) is 5.08 Å². The van der Waals surface area contributed by atoms with Gasteiger partial charge in [0.25, 0.3) is 11.8 Å². The highest BCUT2D eigenvalue weighted by Gasteiger charge is 2.55. The number of aromatic nitrogens is 3. The van der Waals surface area contributed by atoms with Crippen molar-refractivity contribution in [3.63, 3.8) is 0 Å². The zero-order chi connectivity index (χ0) is 50.2. The molecular formula is C53H47N7O7S5. The second-order valence-electron chi connectivity index (χ2n) is 17.2. The van der Waals surface area contributed by atoms with E-state index in [1.54, 1.807) is 26.2 Å². The van der Waals surface area contributed by atoms with Crippen molar-refractivity contribution < 1.29 is 33.5 Å². The molecule has 1 saturated heterocycles. The Morgan fingerprint density at radius 3 is 1.88 bits per heavy atom. The molecule has 7 aromatic rings. The zero-order valence-electron chi connectivity index (χ0n) is 39.3. The molecule has 9 rings (SSSR count). The van der Waals surface area contributed by atoms with Gasteiger partial charge in [0, 0.05) is 32.7 Å². The van der Waals surface area contributed by atoms with Crippen molar-refractivity contribution in [2.45, 2.75) is 60.8 Å². The number of hydrogen-bond acceptors (Lipinski definition) is 16. The van der Waals surface area contributed by atoms with Crippen LogP contribution in [0.5, 0.6) is 0 Å². The van der Waals surface area contributed by atoms with Crippen LogP contribution >= 0.6 is 58.0 Å². The molecule has 14 nitrogen and oxygen atoms in total. The van der Waals surface area contributed by atoms with Gasteiger partial charge in [-0.1, -0.05) is 180 Å². The largest absolute Gasteiger partial charge is 0.448 e. The molecule has 2 aromatic heterocycles. The summed E-state index contributed by atoms with van der Waals surface area (Å²) in [5, 5.41) is 20.9. The maximum atomic E-state index is 15.0. The lowest BCUT2D eigenvalue weighted by Gasteiger charge is -2.49. The Labute approximate surface area is 437 Å². The number of ether oxygens (including phenoxy) is 2. The molecule has 19 heteroatoms. The van der Waals surface area contributed by atoms with E-state index in [0.29, 0.717) is 15.7 Å². The van der Waals surface area contributed by atoms with E-state index >= 15 is 0 Å². The van der Waals surface area contributed by atoms with Gasteiger partial charge in [-0.15, -0.1) is 45.1 Å². The SMILES string of the molecule is Cc1nnc(SCSC2=C(C(=O)OC(c3ccccc3)c3ccccc3)N3C(=O)C(NC(=O)/C(=N\OC(c4ccccc4)(c4ccccc4)c4ccccc4)c4csc(NC(=O)OC(C)(C)C)n4)[C@@H]3SC2)s1. The highest BCUT2D eigenvalue weighted by Crippen LogP contribution is 2.46. The van der Waals surface area contributed by atoms with Crippen molar-refractivity contribution in [3.8, 4) is 0 Å². The van der Waals surface area contributed by atoms with Crippen molar-refractivity contribution in [1.82, 2.24) is 25.4 Å². The first-order chi connectivity index (χ1) is 34.9. The third-order valence-corrected chi connectivity index (χ3v) is 16.6. The second-order valence-corrected chi connectivity index (χ2v) is 23.0. The standard InChI is InChI=1S/C53H47N7O7S5/c1-33-57-58-51(72-33)71-32-70-40-31-68-47-42(46(62)60(47)43(40)48(63)65-44(34-20-10-5-11-21-34)35-22-12-6-13-23-35)55-45(61)41(39-30-69-49(54-39)56-50(64)66-52(2,3)4)59-67-53(36-24-14-7-15-25-36,37-26-16-8-17-27-37)38-28-18-9-19-29-38/h5-30,42,44,47H,31-32H2,1-4H3,(H,55,61)(H,54,56,64)/b59-41-/t42?,47-/m0/s1. The maximum absolute atomic E-state index is 15.0. The quantitative estimate of drug-likeness (QED) is 0.0168. The molecule has 0 aliphatic carbocycles. The number of thioether (sulfide) groups is 3. The lowest BCUT2D eigenvalue weighted by Crippen LogP contribution is -2.71. The van der Waals surface area contributed by atoms with Crippen LogP contribution in [0.2, 0.25) is 0 Å². The molecule has 2 aliphatic rings. The van der Waals surface area contributed by atoms with Crippen LogP contribution in [0.25, 0.3) is 0 Å². The van der Waals surface area contributed by atoms with Gasteiger partial charge in [-0.25, -0.2) is 14.6 Å². The molecule has 1 fully saturated rings. The molecule has 2 atom stereocenters. The summed E-state index contributed by atoms with van der Waals surface area (Å²) in [5.74, 6) is -1.64. The van der Waals surface area contributed by atoms with Gasteiger partial charge in [0.2, 0.25) is 5.60 Å². The minimum absolute atomic E-state index is 0.0606. The third kappa shape index (κ3) is 11.3. The molecule has 5 aromatic carbocycles. The number of benzene rings is 5. The Morgan fingerprint density at radius 2 is 1.35 bits per heavy atom. The molecular weight excluding hydrogens is 1010 g/mol. The Bertz CT molecular complexity index is 2960. The fourth-order valence-corrected chi connectivity index (χ4v) is 13.4. The summed E-state index contributed by atoms with van der Waals surface area (Å²) in [5.41, 5.74) is 1.41. The lowest BCUT2D eigenvalue weighted by molar-refractivity contribution is -0.154. The van der Waals surface area contributed by atoms with Crippen LogP contribution in [0.4, 0.5) is 9.93 Å². The predicted molar refractivity (Wildman–Crippen MR) is 285 cm³/mol. The number of amides is 3. The first-order valence-corrected chi connectivity index (χ1v) is 27.3. The number of rotatable bonds is 17. The monoisotopic (exact) mass is 1050 g/mol. The van der Waals surface area contributed by atoms with Crippen molar-refractivity contribution in [2.24, 2.45) is 5.16 Å². The van der Waals surface area contributed by atoms with E-state index in [1.165, 1.54) is 51.5 Å². The number of carbonyl (C=O) groups excluding carboxylic acids is 4. The topological polar surface area (TPSA) is 174 Å². The second kappa shape index (κ2) is 22.3. The van der Waals surface area contributed by atoms with Crippen LogP contribution < -0.4 is 10.6 Å². The molecule has 0 saturated carbocycles. The van der Waals surface area contributed by atoms with E-state index in [9.17, 15) is 19.2 Å². The molecule has 0 radical (unpaired) electrons. The average Bonchev–Trinajstić information content (AvgIpc) is 4.04. The van der Waals surface area contributed by atoms with Gasteiger partial charge in [-0.2, -0.15) is 0 Å².